The Bertz CT molecular complexity index is 555. The van der Waals surface area contributed by atoms with Gasteiger partial charge in [-0.3, -0.25) is 0 Å². The molecule has 0 spiro atoms. The molecule has 1 aliphatic heterocycles. The van der Waals surface area contributed by atoms with E-state index < -0.39 is 0 Å². The maximum atomic E-state index is 6.10. The number of halogens is 1. The monoisotopic (exact) mass is 296 g/mol. The Labute approximate surface area is 120 Å². The number of aromatic nitrogens is 2. The van der Waals surface area contributed by atoms with Gasteiger partial charge in [0.05, 0.1) is 17.2 Å². The van der Waals surface area contributed by atoms with Crippen LogP contribution in [0.4, 0.5) is 0 Å². The van der Waals surface area contributed by atoms with Crippen molar-refractivity contribution in [3.63, 3.8) is 0 Å². The van der Waals surface area contributed by atoms with Gasteiger partial charge < -0.3 is 9.15 Å². The number of hydrogen-bond donors (Lipinski definition) is 0. The molecule has 1 saturated heterocycles. The van der Waals surface area contributed by atoms with Crippen molar-refractivity contribution in [1.82, 2.24) is 10.2 Å². The molecule has 0 radical (unpaired) electrons. The number of hydrogen-bond acceptors (Lipinski definition) is 5. The molecular weight excluding hydrogens is 284 g/mol. The van der Waals surface area contributed by atoms with E-state index in [0.29, 0.717) is 22.1 Å². The van der Waals surface area contributed by atoms with E-state index >= 15 is 0 Å². The van der Waals surface area contributed by atoms with Crippen LogP contribution >= 0.6 is 23.4 Å². The summed E-state index contributed by atoms with van der Waals surface area (Å²) in [5, 5.41) is 9.28. The smallest absolute Gasteiger partial charge is 0.276 e. The highest BCUT2D eigenvalue weighted by Crippen LogP contribution is 2.30. The number of rotatable bonds is 4. The average Bonchev–Trinajstić information content (AvgIpc) is 3.08. The largest absolute Gasteiger partial charge is 0.411 e. The van der Waals surface area contributed by atoms with Gasteiger partial charge in [-0.15, -0.1) is 10.2 Å². The molecule has 4 nitrogen and oxygen atoms in total. The van der Waals surface area contributed by atoms with Crippen LogP contribution in [0.2, 0.25) is 5.02 Å². The minimum atomic E-state index is 0.468. The topological polar surface area (TPSA) is 48.2 Å². The first-order chi connectivity index (χ1) is 9.33. The summed E-state index contributed by atoms with van der Waals surface area (Å²) in [6, 6.07) is 7.45. The van der Waals surface area contributed by atoms with Crippen LogP contribution in [0.25, 0.3) is 11.5 Å². The zero-order valence-electron chi connectivity index (χ0n) is 10.2. The third kappa shape index (κ3) is 3.11. The summed E-state index contributed by atoms with van der Waals surface area (Å²) in [6.07, 6.45) is 1.11. The normalized spacial score (nSPS) is 18.9. The molecule has 3 rings (SSSR count). The van der Waals surface area contributed by atoms with Crippen molar-refractivity contribution in [2.45, 2.75) is 11.6 Å². The van der Waals surface area contributed by atoms with Crippen molar-refractivity contribution < 1.29 is 9.15 Å². The molecular formula is C13H13ClN2O2S. The van der Waals surface area contributed by atoms with Gasteiger partial charge in [-0.1, -0.05) is 35.5 Å². The summed E-state index contributed by atoms with van der Waals surface area (Å²) in [6.45, 7) is 1.69. The van der Waals surface area contributed by atoms with E-state index in [0.717, 1.165) is 31.0 Å². The molecule has 6 heteroatoms. The second-order valence-electron chi connectivity index (χ2n) is 4.39. The van der Waals surface area contributed by atoms with E-state index in [4.69, 9.17) is 20.8 Å². The van der Waals surface area contributed by atoms with Crippen molar-refractivity contribution in [3.8, 4) is 11.5 Å². The molecule has 0 N–H and O–H groups in total. The molecule has 0 bridgehead atoms. The van der Waals surface area contributed by atoms with Gasteiger partial charge in [-0.05, 0) is 24.5 Å². The predicted octanol–water partition coefficient (Wildman–Crippen LogP) is 3.52. The maximum absolute atomic E-state index is 6.10. The highest BCUT2D eigenvalue weighted by Gasteiger charge is 2.18. The number of nitrogens with zero attached hydrogens (tertiary/aromatic N) is 2. The van der Waals surface area contributed by atoms with E-state index in [1.807, 2.05) is 24.3 Å². The van der Waals surface area contributed by atoms with Gasteiger partial charge in [0.25, 0.3) is 5.22 Å². The molecule has 0 saturated carbocycles. The zero-order chi connectivity index (χ0) is 13.1. The fourth-order valence-electron chi connectivity index (χ4n) is 1.92. The molecule has 100 valence electrons. The summed E-state index contributed by atoms with van der Waals surface area (Å²) in [5.74, 6) is 2.00. The maximum Gasteiger partial charge on any atom is 0.276 e. The average molecular weight is 297 g/mol. The van der Waals surface area contributed by atoms with Gasteiger partial charge >= 0.3 is 0 Å². The lowest BCUT2D eigenvalue weighted by Crippen LogP contribution is -2.01. The summed E-state index contributed by atoms with van der Waals surface area (Å²) >= 11 is 7.67. The van der Waals surface area contributed by atoms with E-state index in [-0.39, 0.29) is 0 Å². The van der Waals surface area contributed by atoms with Gasteiger partial charge in [0, 0.05) is 12.4 Å². The Balaban J connectivity index is 1.67. The third-order valence-corrected chi connectivity index (χ3v) is 4.36. The van der Waals surface area contributed by atoms with Crippen LogP contribution in [0.5, 0.6) is 0 Å². The molecule has 2 aromatic rings. The highest BCUT2D eigenvalue weighted by atomic mass is 35.5. The van der Waals surface area contributed by atoms with Gasteiger partial charge in [-0.25, -0.2) is 0 Å². The Kier molecular flexibility index (Phi) is 4.06. The first-order valence-electron chi connectivity index (χ1n) is 6.12. The summed E-state index contributed by atoms with van der Waals surface area (Å²) in [7, 11) is 0. The standard InChI is InChI=1S/C13H13ClN2O2S/c14-11-4-2-1-3-10(11)12-15-16-13(18-12)19-8-9-5-6-17-7-9/h1-4,9H,5-8H2/t9-/m1/s1. The quantitative estimate of drug-likeness (QED) is 0.808. The summed E-state index contributed by atoms with van der Waals surface area (Å²) in [4.78, 5) is 0. The first kappa shape index (κ1) is 13.0. The van der Waals surface area contributed by atoms with Gasteiger partial charge in [0.2, 0.25) is 5.89 Å². The van der Waals surface area contributed by atoms with Gasteiger partial charge in [0.15, 0.2) is 0 Å². The minimum absolute atomic E-state index is 0.468. The van der Waals surface area contributed by atoms with Crippen molar-refractivity contribution >= 4 is 23.4 Å². The van der Waals surface area contributed by atoms with Gasteiger partial charge in [-0.2, -0.15) is 0 Å². The molecule has 0 amide bonds. The van der Waals surface area contributed by atoms with Crippen LogP contribution in [-0.4, -0.2) is 29.2 Å². The van der Waals surface area contributed by atoms with E-state index in [1.54, 1.807) is 11.8 Å². The summed E-state index contributed by atoms with van der Waals surface area (Å²) in [5.41, 5.74) is 0.771. The molecule has 19 heavy (non-hydrogen) atoms. The molecule has 2 heterocycles. The Morgan fingerprint density at radius 2 is 2.21 bits per heavy atom. The lowest BCUT2D eigenvalue weighted by Gasteiger charge is -2.02. The Morgan fingerprint density at radius 1 is 1.32 bits per heavy atom. The fraction of sp³-hybridized carbons (Fsp3) is 0.385. The number of ether oxygens (including phenoxy) is 1. The highest BCUT2D eigenvalue weighted by molar-refractivity contribution is 7.99. The number of thioether (sulfide) groups is 1. The predicted molar refractivity (Wildman–Crippen MR) is 74.4 cm³/mol. The third-order valence-electron chi connectivity index (χ3n) is 2.98. The van der Waals surface area contributed by atoms with Crippen LogP contribution in [0.1, 0.15) is 6.42 Å². The SMILES string of the molecule is Clc1ccccc1-c1nnc(SC[C@@H]2CCOC2)o1. The van der Waals surface area contributed by atoms with Crippen molar-refractivity contribution in [2.75, 3.05) is 19.0 Å². The van der Waals surface area contributed by atoms with Crippen LogP contribution in [0, 0.1) is 5.92 Å². The zero-order valence-corrected chi connectivity index (χ0v) is 11.8. The summed E-state index contributed by atoms with van der Waals surface area (Å²) < 4.78 is 11.0. The van der Waals surface area contributed by atoms with Crippen molar-refractivity contribution in [1.29, 1.82) is 0 Å². The van der Waals surface area contributed by atoms with E-state index in [1.165, 1.54) is 0 Å². The van der Waals surface area contributed by atoms with Crippen LogP contribution in [0.15, 0.2) is 33.9 Å². The Hall–Kier alpha value is -1.04. The molecule has 1 fully saturated rings. The number of benzene rings is 1. The van der Waals surface area contributed by atoms with Crippen LogP contribution in [0.3, 0.4) is 0 Å². The molecule has 0 aliphatic carbocycles. The lowest BCUT2D eigenvalue weighted by atomic mass is 10.2. The molecule has 1 aliphatic rings. The molecule has 1 atom stereocenters. The van der Waals surface area contributed by atoms with Gasteiger partial charge in [0.1, 0.15) is 0 Å². The van der Waals surface area contributed by atoms with Crippen molar-refractivity contribution in [2.24, 2.45) is 5.92 Å². The molecule has 1 aromatic carbocycles. The fourth-order valence-corrected chi connectivity index (χ4v) is 3.01. The van der Waals surface area contributed by atoms with Crippen molar-refractivity contribution in [3.05, 3.63) is 29.3 Å². The Morgan fingerprint density at radius 3 is 3.00 bits per heavy atom. The second-order valence-corrected chi connectivity index (χ2v) is 5.77. The molecule has 1 aromatic heterocycles. The van der Waals surface area contributed by atoms with Crippen LogP contribution < -0.4 is 0 Å². The minimum Gasteiger partial charge on any atom is -0.411 e. The van der Waals surface area contributed by atoms with E-state index in [9.17, 15) is 0 Å². The first-order valence-corrected chi connectivity index (χ1v) is 7.48. The van der Waals surface area contributed by atoms with Crippen LogP contribution in [-0.2, 0) is 4.74 Å². The second kappa shape index (κ2) is 5.94. The van der Waals surface area contributed by atoms with E-state index in [2.05, 4.69) is 10.2 Å². The lowest BCUT2D eigenvalue weighted by molar-refractivity contribution is 0.189. The molecule has 0 unspecified atom stereocenters.